The van der Waals surface area contributed by atoms with Crippen molar-refractivity contribution >= 4 is 11.9 Å². The summed E-state index contributed by atoms with van der Waals surface area (Å²) in [4.78, 5) is 27.7. The number of carbonyl (C=O) groups excluding carboxylic acids is 2. The molecule has 0 saturated carbocycles. The van der Waals surface area contributed by atoms with E-state index in [1.165, 1.54) is 7.11 Å². The van der Waals surface area contributed by atoms with Gasteiger partial charge in [0.05, 0.1) is 7.11 Å². The van der Waals surface area contributed by atoms with Gasteiger partial charge in [-0.1, -0.05) is 0 Å². The summed E-state index contributed by atoms with van der Waals surface area (Å²) in [6.07, 6.45) is 1.10. The number of hydrogen-bond acceptors (Lipinski definition) is 4. The van der Waals surface area contributed by atoms with E-state index in [9.17, 15) is 9.59 Å². The molecular formula is C13H24N2O3. The van der Waals surface area contributed by atoms with Crippen LogP contribution in [0.3, 0.4) is 0 Å². The molecule has 1 unspecified atom stereocenters. The summed E-state index contributed by atoms with van der Waals surface area (Å²) in [6.45, 7) is 6.00. The predicted molar refractivity (Wildman–Crippen MR) is 69.0 cm³/mol. The summed E-state index contributed by atoms with van der Waals surface area (Å²) in [5.41, 5.74) is -1.10. The molecule has 1 aliphatic rings. The molecule has 1 heterocycles. The van der Waals surface area contributed by atoms with Crippen LogP contribution in [-0.4, -0.2) is 62.5 Å². The Hall–Kier alpha value is -1.10. The van der Waals surface area contributed by atoms with E-state index in [-0.39, 0.29) is 5.91 Å². The zero-order chi connectivity index (χ0) is 13.9. The first-order valence-electron chi connectivity index (χ1n) is 6.31. The van der Waals surface area contributed by atoms with Crippen molar-refractivity contribution in [1.29, 1.82) is 0 Å². The molecule has 0 aromatic carbocycles. The minimum Gasteiger partial charge on any atom is -0.468 e. The number of ether oxygens (including phenoxy) is 1. The van der Waals surface area contributed by atoms with Crippen LogP contribution in [0.5, 0.6) is 0 Å². The van der Waals surface area contributed by atoms with Gasteiger partial charge in [0, 0.05) is 20.1 Å². The van der Waals surface area contributed by atoms with Crippen LogP contribution >= 0.6 is 0 Å². The number of methoxy groups -OCH3 is 1. The second kappa shape index (κ2) is 5.69. The van der Waals surface area contributed by atoms with Gasteiger partial charge in [0.25, 0.3) is 0 Å². The Bertz CT molecular complexity index is 328. The SMILES string of the molecule is COC(=O)C(C)(C)C(=O)N(C)CC1CCN(C)C1. The summed E-state index contributed by atoms with van der Waals surface area (Å²) < 4.78 is 4.68. The lowest BCUT2D eigenvalue weighted by Crippen LogP contribution is -2.45. The van der Waals surface area contributed by atoms with Crippen molar-refractivity contribution in [3.8, 4) is 0 Å². The van der Waals surface area contributed by atoms with Crippen LogP contribution in [0.1, 0.15) is 20.3 Å². The Labute approximate surface area is 109 Å². The fraction of sp³-hybridized carbons (Fsp3) is 0.846. The highest BCUT2D eigenvalue weighted by Crippen LogP contribution is 2.22. The standard InChI is InChI=1S/C13H24N2O3/c1-13(2,12(17)18-5)11(16)15(4)9-10-6-7-14(3)8-10/h10H,6-9H2,1-5H3. The highest BCUT2D eigenvalue weighted by Gasteiger charge is 2.39. The molecule has 5 nitrogen and oxygen atoms in total. The van der Waals surface area contributed by atoms with E-state index in [1.807, 2.05) is 0 Å². The Kier molecular flexibility index (Phi) is 4.73. The fourth-order valence-corrected chi connectivity index (χ4v) is 2.47. The molecule has 18 heavy (non-hydrogen) atoms. The van der Waals surface area contributed by atoms with Crippen LogP contribution in [0.25, 0.3) is 0 Å². The molecule has 1 atom stereocenters. The molecule has 5 heteroatoms. The molecule has 1 fully saturated rings. The summed E-state index contributed by atoms with van der Waals surface area (Å²) >= 11 is 0. The van der Waals surface area contributed by atoms with Crippen molar-refractivity contribution in [3.05, 3.63) is 0 Å². The van der Waals surface area contributed by atoms with Crippen molar-refractivity contribution in [2.75, 3.05) is 40.8 Å². The molecule has 1 aliphatic heterocycles. The highest BCUT2D eigenvalue weighted by molar-refractivity contribution is 6.01. The quantitative estimate of drug-likeness (QED) is 0.546. The first-order chi connectivity index (χ1) is 8.28. The van der Waals surface area contributed by atoms with Gasteiger partial charge in [-0.3, -0.25) is 9.59 Å². The van der Waals surface area contributed by atoms with Crippen LogP contribution in [0.15, 0.2) is 0 Å². The maximum Gasteiger partial charge on any atom is 0.320 e. The third kappa shape index (κ3) is 3.22. The third-order valence-corrected chi connectivity index (χ3v) is 3.60. The van der Waals surface area contributed by atoms with E-state index in [0.717, 1.165) is 19.5 Å². The average molecular weight is 256 g/mol. The predicted octanol–water partition coefficient (Wildman–Crippen LogP) is 0.596. The molecule has 0 radical (unpaired) electrons. The van der Waals surface area contributed by atoms with Crippen molar-refractivity contribution < 1.29 is 14.3 Å². The van der Waals surface area contributed by atoms with Gasteiger partial charge >= 0.3 is 5.97 Å². The maximum atomic E-state index is 12.2. The lowest BCUT2D eigenvalue weighted by Gasteiger charge is -2.28. The molecule has 1 saturated heterocycles. The number of esters is 1. The van der Waals surface area contributed by atoms with Crippen LogP contribution in [0.4, 0.5) is 0 Å². The number of amides is 1. The highest BCUT2D eigenvalue weighted by atomic mass is 16.5. The molecule has 104 valence electrons. The smallest absolute Gasteiger partial charge is 0.320 e. The minimum absolute atomic E-state index is 0.177. The van der Waals surface area contributed by atoms with E-state index in [0.29, 0.717) is 12.5 Å². The summed E-state index contributed by atoms with van der Waals surface area (Å²) in [7, 11) is 5.15. The van der Waals surface area contributed by atoms with Gasteiger partial charge in [-0.2, -0.15) is 0 Å². The fourth-order valence-electron chi connectivity index (χ4n) is 2.47. The monoisotopic (exact) mass is 256 g/mol. The number of carbonyl (C=O) groups is 2. The Balaban J connectivity index is 2.58. The van der Waals surface area contributed by atoms with Crippen molar-refractivity contribution in [2.45, 2.75) is 20.3 Å². The van der Waals surface area contributed by atoms with Gasteiger partial charge in [-0.05, 0) is 39.8 Å². The van der Waals surface area contributed by atoms with E-state index in [4.69, 9.17) is 0 Å². The van der Waals surface area contributed by atoms with Gasteiger partial charge in [0.15, 0.2) is 0 Å². The van der Waals surface area contributed by atoms with E-state index in [2.05, 4.69) is 16.7 Å². The maximum absolute atomic E-state index is 12.2. The molecule has 1 amide bonds. The van der Waals surface area contributed by atoms with Crippen LogP contribution in [-0.2, 0) is 14.3 Å². The lowest BCUT2D eigenvalue weighted by atomic mass is 9.91. The number of nitrogens with zero attached hydrogens (tertiary/aromatic N) is 2. The lowest BCUT2D eigenvalue weighted by molar-refractivity contribution is -0.160. The molecule has 0 N–H and O–H groups in total. The second-order valence-corrected chi connectivity index (χ2v) is 5.72. The van der Waals surface area contributed by atoms with Crippen LogP contribution in [0.2, 0.25) is 0 Å². The molecule has 1 rings (SSSR count). The molecule has 0 aromatic heterocycles. The molecule has 0 aliphatic carbocycles. The van der Waals surface area contributed by atoms with Gasteiger partial charge in [-0.25, -0.2) is 0 Å². The first-order valence-corrected chi connectivity index (χ1v) is 6.31. The molecular weight excluding hydrogens is 232 g/mol. The van der Waals surface area contributed by atoms with Crippen LogP contribution < -0.4 is 0 Å². The van der Waals surface area contributed by atoms with Gasteiger partial charge < -0.3 is 14.5 Å². The average Bonchev–Trinajstić information content (AvgIpc) is 2.72. The van der Waals surface area contributed by atoms with E-state index >= 15 is 0 Å². The zero-order valence-electron chi connectivity index (χ0n) is 12.0. The Morgan fingerprint density at radius 2 is 2.06 bits per heavy atom. The number of rotatable bonds is 4. The van der Waals surface area contributed by atoms with E-state index in [1.54, 1.807) is 25.8 Å². The number of likely N-dealkylation sites (tertiary alicyclic amines) is 1. The molecule has 0 spiro atoms. The minimum atomic E-state index is -1.10. The summed E-state index contributed by atoms with van der Waals surface area (Å²) in [5, 5.41) is 0. The first kappa shape index (κ1) is 15.0. The van der Waals surface area contributed by atoms with Crippen molar-refractivity contribution in [1.82, 2.24) is 9.80 Å². The van der Waals surface area contributed by atoms with Gasteiger partial charge in [0.2, 0.25) is 5.91 Å². The molecule has 0 aromatic rings. The Morgan fingerprint density at radius 3 is 2.50 bits per heavy atom. The van der Waals surface area contributed by atoms with Gasteiger partial charge in [0.1, 0.15) is 5.41 Å². The largest absolute Gasteiger partial charge is 0.468 e. The zero-order valence-corrected chi connectivity index (χ0v) is 12.0. The third-order valence-electron chi connectivity index (χ3n) is 3.60. The molecule has 0 bridgehead atoms. The summed E-state index contributed by atoms with van der Waals surface area (Å²) in [6, 6.07) is 0. The summed E-state index contributed by atoms with van der Waals surface area (Å²) in [5.74, 6) is -0.163. The number of hydrogen-bond donors (Lipinski definition) is 0. The van der Waals surface area contributed by atoms with E-state index < -0.39 is 11.4 Å². The van der Waals surface area contributed by atoms with Gasteiger partial charge in [-0.15, -0.1) is 0 Å². The second-order valence-electron chi connectivity index (χ2n) is 5.72. The van der Waals surface area contributed by atoms with Crippen molar-refractivity contribution in [3.63, 3.8) is 0 Å². The van der Waals surface area contributed by atoms with Crippen LogP contribution in [0, 0.1) is 11.3 Å². The normalized spacial score (nSPS) is 20.8. The topological polar surface area (TPSA) is 49.9 Å². The Morgan fingerprint density at radius 1 is 1.44 bits per heavy atom. The van der Waals surface area contributed by atoms with Crippen molar-refractivity contribution in [2.24, 2.45) is 11.3 Å².